The van der Waals surface area contributed by atoms with Crippen LogP contribution in [0.1, 0.15) is 46.2 Å². The van der Waals surface area contributed by atoms with Crippen molar-refractivity contribution in [1.82, 2.24) is 4.57 Å². The second-order valence-electron chi connectivity index (χ2n) is 6.32. The van der Waals surface area contributed by atoms with Crippen LogP contribution in [0.4, 0.5) is 5.69 Å². The first-order valence-corrected chi connectivity index (χ1v) is 8.35. The van der Waals surface area contributed by atoms with E-state index in [2.05, 4.69) is 34.5 Å². The van der Waals surface area contributed by atoms with E-state index in [0.29, 0.717) is 17.3 Å². The summed E-state index contributed by atoms with van der Waals surface area (Å²) in [4.78, 5) is 23.5. The van der Waals surface area contributed by atoms with Crippen LogP contribution in [0, 0.1) is 13.8 Å². The first-order chi connectivity index (χ1) is 12.0. The molecule has 1 aliphatic carbocycles. The molecule has 1 heterocycles. The maximum atomic E-state index is 12.1. The van der Waals surface area contributed by atoms with Gasteiger partial charge < -0.3 is 14.6 Å². The van der Waals surface area contributed by atoms with Gasteiger partial charge in [-0.15, -0.1) is 0 Å². The van der Waals surface area contributed by atoms with Crippen molar-refractivity contribution in [1.29, 1.82) is 0 Å². The molecule has 1 amide bonds. The molecule has 0 atom stereocenters. The summed E-state index contributed by atoms with van der Waals surface area (Å²) in [7, 11) is 1.34. The van der Waals surface area contributed by atoms with Crippen molar-refractivity contribution in [3.63, 3.8) is 0 Å². The third-order valence-corrected chi connectivity index (χ3v) is 4.42. The average Bonchev–Trinajstić information content (AvgIpc) is 3.39. The van der Waals surface area contributed by atoms with Gasteiger partial charge in [0.05, 0.1) is 12.7 Å². The number of benzene rings is 1. The number of nitrogens with zero attached hydrogens (tertiary/aromatic N) is 1. The first kappa shape index (κ1) is 17.0. The minimum absolute atomic E-state index is 0.206. The third kappa shape index (κ3) is 3.82. The lowest BCUT2D eigenvalue weighted by Crippen LogP contribution is -2.08. The minimum Gasteiger partial charge on any atom is -0.465 e. The summed E-state index contributed by atoms with van der Waals surface area (Å²) in [5, 5.41) is 2.79. The van der Waals surface area contributed by atoms with Crippen LogP contribution in [-0.4, -0.2) is 23.6 Å². The Morgan fingerprint density at radius 2 is 1.88 bits per heavy atom. The second-order valence-corrected chi connectivity index (χ2v) is 6.32. The summed E-state index contributed by atoms with van der Waals surface area (Å²) >= 11 is 0. The summed E-state index contributed by atoms with van der Waals surface area (Å²) in [6, 6.07) is 9.34. The Morgan fingerprint density at radius 3 is 2.48 bits per heavy atom. The van der Waals surface area contributed by atoms with Crippen molar-refractivity contribution >= 4 is 23.6 Å². The maximum Gasteiger partial charge on any atom is 0.337 e. The van der Waals surface area contributed by atoms with Crippen molar-refractivity contribution in [2.75, 3.05) is 12.4 Å². The van der Waals surface area contributed by atoms with Crippen molar-refractivity contribution in [2.24, 2.45) is 0 Å². The summed E-state index contributed by atoms with van der Waals surface area (Å²) in [6.45, 7) is 4.19. The summed E-state index contributed by atoms with van der Waals surface area (Å²) in [5.74, 6) is -0.606. The highest BCUT2D eigenvalue weighted by Gasteiger charge is 2.26. The highest BCUT2D eigenvalue weighted by Crippen LogP contribution is 2.38. The highest BCUT2D eigenvalue weighted by molar-refractivity contribution is 6.02. The average molecular weight is 338 g/mol. The fourth-order valence-electron chi connectivity index (χ4n) is 3.02. The molecule has 1 fully saturated rings. The van der Waals surface area contributed by atoms with Crippen LogP contribution in [-0.2, 0) is 9.53 Å². The number of amides is 1. The van der Waals surface area contributed by atoms with E-state index in [1.54, 1.807) is 24.3 Å². The molecule has 1 aromatic heterocycles. The molecule has 1 aromatic carbocycles. The Kier molecular flexibility index (Phi) is 4.74. The number of carbonyl (C=O) groups excluding carboxylic acids is 2. The van der Waals surface area contributed by atoms with Gasteiger partial charge in [-0.25, -0.2) is 4.79 Å². The molecule has 0 bridgehead atoms. The van der Waals surface area contributed by atoms with Gasteiger partial charge in [-0.3, -0.25) is 4.79 Å². The normalized spacial score (nSPS) is 13.9. The fraction of sp³-hybridized carbons (Fsp3) is 0.300. The van der Waals surface area contributed by atoms with Gasteiger partial charge in [0, 0.05) is 29.2 Å². The van der Waals surface area contributed by atoms with Crippen LogP contribution in [0.15, 0.2) is 36.4 Å². The lowest BCUT2D eigenvalue weighted by molar-refractivity contribution is -0.111. The van der Waals surface area contributed by atoms with E-state index in [-0.39, 0.29) is 5.91 Å². The molecule has 5 heteroatoms. The zero-order valence-corrected chi connectivity index (χ0v) is 14.7. The minimum atomic E-state index is -0.399. The molecule has 0 unspecified atom stereocenters. The van der Waals surface area contributed by atoms with Crippen LogP contribution in [0.2, 0.25) is 0 Å². The highest BCUT2D eigenvalue weighted by atomic mass is 16.5. The van der Waals surface area contributed by atoms with Crippen LogP contribution in [0.25, 0.3) is 6.08 Å². The standard InChI is InChI=1S/C20H22N2O3/c1-13-12-16(14(2)22(13)18-9-10-18)6-11-19(23)21-17-7-4-15(5-8-17)20(24)25-3/h4-8,11-12,18H,9-10H2,1-3H3,(H,21,23)/b11-6+. The molecule has 2 aromatic rings. The number of hydrogen-bond donors (Lipinski definition) is 1. The van der Waals surface area contributed by atoms with Crippen LogP contribution >= 0.6 is 0 Å². The van der Waals surface area contributed by atoms with Gasteiger partial charge in [0.15, 0.2) is 0 Å². The molecule has 1 aliphatic rings. The zero-order chi connectivity index (χ0) is 18.0. The van der Waals surface area contributed by atoms with Crippen molar-refractivity contribution < 1.29 is 14.3 Å². The van der Waals surface area contributed by atoms with E-state index < -0.39 is 5.97 Å². The monoisotopic (exact) mass is 338 g/mol. The molecule has 1 N–H and O–H groups in total. The topological polar surface area (TPSA) is 60.3 Å². The molecule has 25 heavy (non-hydrogen) atoms. The molecule has 0 radical (unpaired) electrons. The number of esters is 1. The number of carbonyl (C=O) groups is 2. The Labute approximate surface area is 147 Å². The van der Waals surface area contributed by atoms with Gasteiger partial charge in [-0.05, 0) is 68.7 Å². The van der Waals surface area contributed by atoms with Crippen molar-refractivity contribution in [2.45, 2.75) is 32.7 Å². The van der Waals surface area contributed by atoms with Gasteiger partial charge >= 0.3 is 5.97 Å². The van der Waals surface area contributed by atoms with Gasteiger partial charge in [0.2, 0.25) is 5.91 Å². The van der Waals surface area contributed by atoms with Gasteiger partial charge in [0.25, 0.3) is 0 Å². The molecule has 0 spiro atoms. The number of methoxy groups -OCH3 is 1. The Hall–Kier alpha value is -2.82. The number of anilines is 1. The van der Waals surface area contributed by atoms with Crippen LogP contribution in [0.5, 0.6) is 0 Å². The van der Waals surface area contributed by atoms with E-state index in [1.807, 2.05) is 6.08 Å². The predicted molar refractivity (Wildman–Crippen MR) is 97.6 cm³/mol. The number of hydrogen-bond acceptors (Lipinski definition) is 3. The van der Waals surface area contributed by atoms with E-state index in [1.165, 1.54) is 37.4 Å². The summed E-state index contributed by atoms with van der Waals surface area (Å²) in [6.07, 6.45) is 5.86. The molecule has 0 aliphatic heterocycles. The van der Waals surface area contributed by atoms with Crippen molar-refractivity contribution in [3.8, 4) is 0 Å². The number of ether oxygens (including phenoxy) is 1. The van der Waals surface area contributed by atoms with E-state index in [0.717, 1.165) is 5.56 Å². The van der Waals surface area contributed by atoms with Gasteiger partial charge in [-0.1, -0.05) is 0 Å². The molecule has 5 nitrogen and oxygen atoms in total. The molecule has 130 valence electrons. The summed E-state index contributed by atoms with van der Waals surface area (Å²) < 4.78 is 7.00. The van der Waals surface area contributed by atoms with Gasteiger partial charge in [0.1, 0.15) is 0 Å². The SMILES string of the molecule is COC(=O)c1ccc(NC(=O)/C=C/c2cc(C)n(C3CC3)c2C)cc1. The van der Waals surface area contributed by atoms with Crippen molar-refractivity contribution in [3.05, 3.63) is 58.9 Å². The number of rotatable bonds is 5. The lowest BCUT2D eigenvalue weighted by Gasteiger charge is -2.06. The largest absolute Gasteiger partial charge is 0.465 e. The molecule has 0 saturated heterocycles. The van der Waals surface area contributed by atoms with E-state index in [9.17, 15) is 9.59 Å². The Morgan fingerprint density at radius 1 is 1.20 bits per heavy atom. The van der Waals surface area contributed by atoms with E-state index in [4.69, 9.17) is 0 Å². The number of aromatic nitrogens is 1. The predicted octanol–water partition coefficient (Wildman–Crippen LogP) is 3.88. The van der Waals surface area contributed by atoms with E-state index >= 15 is 0 Å². The maximum absolute atomic E-state index is 12.1. The Bertz CT molecular complexity index is 827. The Balaban J connectivity index is 1.65. The molecule has 1 saturated carbocycles. The third-order valence-electron chi connectivity index (χ3n) is 4.42. The first-order valence-electron chi connectivity index (χ1n) is 8.35. The number of aryl methyl sites for hydroxylation is 1. The molecular weight excluding hydrogens is 316 g/mol. The molecule has 3 rings (SSSR count). The number of nitrogens with one attached hydrogen (secondary N) is 1. The summed E-state index contributed by atoms with van der Waals surface area (Å²) in [5.41, 5.74) is 4.58. The second kappa shape index (κ2) is 6.97. The smallest absolute Gasteiger partial charge is 0.337 e. The fourth-order valence-corrected chi connectivity index (χ4v) is 3.02. The van der Waals surface area contributed by atoms with Crippen LogP contribution in [0.3, 0.4) is 0 Å². The van der Waals surface area contributed by atoms with Crippen LogP contribution < -0.4 is 5.32 Å². The quantitative estimate of drug-likeness (QED) is 0.665. The van der Waals surface area contributed by atoms with Gasteiger partial charge in [-0.2, -0.15) is 0 Å². The lowest BCUT2D eigenvalue weighted by atomic mass is 10.2. The zero-order valence-electron chi connectivity index (χ0n) is 14.7. The molecular formula is C20H22N2O3.